The molecule has 2 amide bonds. The van der Waals surface area contributed by atoms with Crippen molar-refractivity contribution in [1.29, 1.82) is 10.8 Å². The Labute approximate surface area is 249 Å². The van der Waals surface area contributed by atoms with Crippen molar-refractivity contribution in [3.63, 3.8) is 0 Å². The molecule has 226 valence electrons. The minimum Gasteiger partial charge on any atom is -0.370 e. The number of hydrogen-bond donors (Lipinski definition) is 9. The van der Waals surface area contributed by atoms with Gasteiger partial charge in [0.05, 0.1) is 6.61 Å². The number of carbonyl (C=O) groups is 2. The van der Waals surface area contributed by atoms with Crippen molar-refractivity contribution in [2.24, 2.45) is 11.5 Å². The highest BCUT2D eigenvalue weighted by molar-refractivity contribution is 6.00. The summed E-state index contributed by atoms with van der Waals surface area (Å²) in [6, 6.07) is 20.1. The average molecular weight is 588 g/mol. The van der Waals surface area contributed by atoms with Crippen LogP contribution in [0.4, 0.5) is 5.69 Å². The van der Waals surface area contributed by atoms with E-state index in [0.29, 0.717) is 18.7 Å². The Morgan fingerprint density at radius 2 is 1.53 bits per heavy atom. The maximum Gasteiger partial charge on any atom is 0.246 e. The zero-order valence-corrected chi connectivity index (χ0v) is 23.6. The van der Waals surface area contributed by atoms with E-state index in [1.165, 1.54) is 0 Å². The number of guanidine groups is 2. The SMILES string of the molecule is N=C(N)NCCC[C@H](NC(=O)[C@@H](NOCc1ccccc1)C(=C=O)CCNC(=N)N)C(=O)Nc1ccc2ccccc2c1. The second kappa shape index (κ2) is 16.9. The van der Waals surface area contributed by atoms with Gasteiger partial charge in [0.1, 0.15) is 18.0 Å². The Bertz CT molecular complexity index is 1460. The van der Waals surface area contributed by atoms with Gasteiger partial charge >= 0.3 is 0 Å². The fraction of sp³-hybridized carbons (Fsp3) is 0.267. The van der Waals surface area contributed by atoms with E-state index in [9.17, 15) is 14.4 Å². The van der Waals surface area contributed by atoms with Crippen LogP contribution >= 0.6 is 0 Å². The maximum atomic E-state index is 13.6. The smallest absolute Gasteiger partial charge is 0.246 e. The molecule has 0 saturated heterocycles. The summed E-state index contributed by atoms with van der Waals surface area (Å²) in [7, 11) is 0. The third kappa shape index (κ3) is 10.9. The molecule has 13 heteroatoms. The predicted molar refractivity (Wildman–Crippen MR) is 166 cm³/mol. The second-order valence-corrected chi connectivity index (χ2v) is 9.64. The number of hydrogen-bond acceptors (Lipinski definition) is 7. The summed E-state index contributed by atoms with van der Waals surface area (Å²) in [6.07, 6.45) is 0.631. The van der Waals surface area contributed by atoms with Gasteiger partial charge in [0.25, 0.3) is 0 Å². The Kier molecular flexibility index (Phi) is 12.7. The number of nitrogens with one attached hydrogen (secondary N) is 7. The molecule has 0 aliphatic carbocycles. The van der Waals surface area contributed by atoms with E-state index in [2.05, 4.69) is 26.7 Å². The largest absolute Gasteiger partial charge is 0.370 e. The van der Waals surface area contributed by atoms with Gasteiger partial charge in [-0.15, -0.1) is 0 Å². The molecule has 0 aromatic heterocycles. The summed E-state index contributed by atoms with van der Waals surface area (Å²) in [5, 5.41) is 27.5. The van der Waals surface area contributed by atoms with Gasteiger partial charge in [-0.2, -0.15) is 5.48 Å². The first-order chi connectivity index (χ1) is 20.8. The van der Waals surface area contributed by atoms with E-state index in [-0.39, 0.29) is 43.5 Å². The first kappa shape index (κ1) is 32.3. The lowest BCUT2D eigenvalue weighted by atomic mass is 10.0. The molecule has 3 rings (SSSR count). The molecule has 0 heterocycles. The summed E-state index contributed by atoms with van der Waals surface area (Å²) < 4.78 is 0. The van der Waals surface area contributed by atoms with Gasteiger partial charge in [0.2, 0.25) is 11.8 Å². The average Bonchev–Trinajstić information content (AvgIpc) is 2.99. The zero-order chi connectivity index (χ0) is 31.0. The number of carbonyl (C=O) groups excluding carboxylic acids is 3. The van der Waals surface area contributed by atoms with Crippen LogP contribution in [0.2, 0.25) is 0 Å². The van der Waals surface area contributed by atoms with Crippen LogP contribution in [0.3, 0.4) is 0 Å². The molecule has 0 unspecified atom stereocenters. The van der Waals surface area contributed by atoms with Crippen LogP contribution in [0.5, 0.6) is 0 Å². The highest BCUT2D eigenvalue weighted by Gasteiger charge is 2.29. The van der Waals surface area contributed by atoms with Gasteiger partial charge in [0.15, 0.2) is 11.9 Å². The highest BCUT2D eigenvalue weighted by atomic mass is 16.6. The van der Waals surface area contributed by atoms with Crippen LogP contribution in [-0.2, 0) is 25.8 Å². The Morgan fingerprint density at radius 1 is 0.860 bits per heavy atom. The zero-order valence-electron chi connectivity index (χ0n) is 23.6. The molecular weight excluding hydrogens is 550 g/mol. The molecular formula is C30H37N9O4. The molecule has 3 aromatic rings. The molecule has 0 fully saturated rings. The van der Waals surface area contributed by atoms with Gasteiger partial charge in [-0.3, -0.25) is 25.2 Å². The number of anilines is 1. The van der Waals surface area contributed by atoms with Crippen LogP contribution in [0, 0.1) is 10.8 Å². The van der Waals surface area contributed by atoms with Crippen molar-refractivity contribution in [1.82, 2.24) is 21.4 Å². The van der Waals surface area contributed by atoms with Crippen molar-refractivity contribution in [3.8, 4) is 0 Å². The number of hydroxylamine groups is 1. The monoisotopic (exact) mass is 587 g/mol. The molecule has 0 aliphatic heterocycles. The quantitative estimate of drug-likeness (QED) is 0.0386. The van der Waals surface area contributed by atoms with Crippen molar-refractivity contribution < 1.29 is 19.2 Å². The summed E-state index contributed by atoms with van der Waals surface area (Å²) in [5.74, 6) is 0.143. The Hall–Kier alpha value is -5.23. The second-order valence-electron chi connectivity index (χ2n) is 9.64. The van der Waals surface area contributed by atoms with E-state index in [4.69, 9.17) is 27.1 Å². The summed E-state index contributed by atoms with van der Waals surface area (Å²) in [4.78, 5) is 44.5. The minimum absolute atomic E-state index is 0.00578. The molecule has 2 atom stereocenters. The standard InChI is InChI=1S/C30H37N9O4/c31-29(32)35-15-6-11-25(27(41)37-24-13-12-21-9-4-5-10-22(21)17-24)38-28(42)26(23(18-40)14-16-36-30(33)34)39-43-19-20-7-2-1-3-8-20/h1-5,7-10,12-13,17,25-26,39H,6,11,14-16,19H2,(H,37,41)(H,38,42)(H4,31,32,35)(H4,33,34,36)/t25-,26-/m0/s1. The van der Waals surface area contributed by atoms with Crippen molar-refractivity contribution in [2.45, 2.75) is 38.0 Å². The number of benzene rings is 3. The van der Waals surface area contributed by atoms with Crippen molar-refractivity contribution in [2.75, 3.05) is 18.4 Å². The van der Waals surface area contributed by atoms with E-state index < -0.39 is 23.9 Å². The molecule has 0 aliphatic rings. The first-order valence-corrected chi connectivity index (χ1v) is 13.7. The van der Waals surface area contributed by atoms with Crippen molar-refractivity contribution >= 4 is 46.1 Å². The molecule has 0 saturated carbocycles. The molecule has 11 N–H and O–H groups in total. The van der Waals surface area contributed by atoms with Gasteiger partial charge in [-0.25, -0.2) is 4.79 Å². The first-order valence-electron chi connectivity index (χ1n) is 13.7. The number of nitrogens with two attached hydrogens (primary N) is 2. The van der Waals surface area contributed by atoms with Crippen LogP contribution in [0.25, 0.3) is 10.8 Å². The summed E-state index contributed by atoms with van der Waals surface area (Å²) >= 11 is 0. The van der Waals surface area contributed by atoms with Gasteiger partial charge in [0, 0.05) is 24.4 Å². The number of fused-ring (bicyclic) bond motifs is 1. The highest BCUT2D eigenvalue weighted by Crippen LogP contribution is 2.19. The lowest BCUT2D eigenvalue weighted by Crippen LogP contribution is -2.52. The molecule has 0 bridgehead atoms. The van der Waals surface area contributed by atoms with Crippen LogP contribution in [-0.4, -0.2) is 54.8 Å². The normalized spacial score (nSPS) is 11.9. The minimum atomic E-state index is -1.29. The third-order valence-corrected chi connectivity index (χ3v) is 6.37. The molecule has 0 spiro atoms. The summed E-state index contributed by atoms with van der Waals surface area (Å²) in [5.41, 5.74) is 14.7. The van der Waals surface area contributed by atoms with Crippen LogP contribution in [0.15, 0.2) is 78.4 Å². The van der Waals surface area contributed by atoms with E-state index in [1.807, 2.05) is 66.7 Å². The van der Waals surface area contributed by atoms with Gasteiger partial charge < -0.3 is 32.7 Å². The van der Waals surface area contributed by atoms with E-state index in [0.717, 1.165) is 16.3 Å². The lowest BCUT2D eigenvalue weighted by Gasteiger charge is -2.24. The van der Waals surface area contributed by atoms with Crippen LogP contribution in [0.1, 0.15) is 24.8 Å². The topological polar surface area (TPSA) is 220 Å². The maximum absolute atomic E-state index is 13.6. The third-order valence-electron chi connectivity index (χ3n) is 6.37. The van der Waals surface area contributed by atoms with E-state index >= 15 is 0 Å². The molecule has 3 aromatic carbocycles. The molecule has 43 heavy (non-hydrogen) atoms. The Balaban J connectivity index is 1.77. The fourth-order valence-electron chi connectivity index (χ4n) is 4.20. The summed E-state index contributed by atoms with van der Waals surface area (Å²) in [6.45, 7) is 0.515. The van der Waals surface area contributed by atoms with Gasteiger partial charge in [-0.1, -0.05) is 60.7 Å². The van der Waals surface area contributed by atoms with Gasteiger partial charge in [-0.05, 0) is 47.7 Å². The van der Waals surface area contributed by atoms with Crippen LogP contribution < -0.4 is 38.2 Å². The van der Waals surface area contributed by atoms with Crippen molar-refractivity contribution in [3.05, 3.63) is 83.9 Å². The molecule has 13 nitrogen and oxygen atoms in total. The lowest BCUT2D eigenvalue weighted by molar-refractivity contribution is -0.130. The number of amides is 2. The van der Waals surface area contributed by atoms with E-state index in [1.54, 1.807) is 12.0 Å². The number of rotatable bonds is 16. The Morgan fingerprint density at radius 3 is 2.23 bits per heavy atom. The molecule has 0 radical (unpaired) electrons. The predicted octanol–water partition coefficient (Wildman–Crippen LogP) is 1.25. The fourth-order valence-corrected chi connectivity index (χ4v) is 4.20.